The molecule has 1 atom stereocenters. The molecule has 3 aromatic heterocycles. The summed E-state index contributed by atoms with van der Waals surface area (Å²) >= 11 is 0. The molecule has 0 saturated carbocycles. The normalized spacial score (nSPS) is 17.6. The molecule has 0 bridgehead atoms. The van der Waals surface area contributed by atoms with Gasteiger partial charge in [0, 0.05) is 31.9 Å². The molecule has 4 heterocycles. The maximum absolute atomic E-state index is 10.9. The molecule has 0 unspecified atom stereocenters. The van der Waals surface area contributed by atoms with Gasteiger partial charge in [0.1, 0.15) is 5.82 Å². The van der Waals surface area contributed by atoms with Crippen LogP contribution < -0.4 is 15.0 Å². The van der Waals surface area contributed by atoms with E-state index in [0.29, 0.717) is 12.5 Å². The first-order chi connectivity index (χ1) is 12.3. The molecule has 1 N–H and O–H groups in total. The second-order valence-electron chi connectivity index (χ2n) is 6.11. The number of pyridine rings is 2. The van der Waals surface area contributed by atoms with Gasteiger partial charge in [0.05, 0.1) is 16.8 Å². The predicted molar refractivity (Wildman–Crippen MR) is 94.8 cm³/mol. The number of aromatic nitrogens is 3. The lowest BCUT2D eigenvalue weighted by Gasteiger charge is -2.32. The second-order valence-corrected chi connectivity index (χ2v) is 6.11. The first-order valence-corrected chi connectivity index (χ1v) is 8.29. The molecule has 1 aliphatic rings. The molecule has 0 amide bonds. The molecule has 0 spiro atoms. The van der Waals surface area contributed by atoms with Gasteiger partial charge in [0.15, 0.2) is 0 Å². The Kier molecular flexibility index (Phi) is 4.07. The van der Waals surface area contributed by atoms with E-state index in [9.17, 15) is 4.79 Å². The molecule has 0 aliphatic carbocycles. The van der Waals surface area contributed by atoms with Crippen molar-refractivity contribution in [2.75, 3.05) is 24.5 Å². The molecule has 0 aromatic carbocycles. The zero-order chi connectivity index (χ0) is 17.2. The standard InChI is InChI=1S/C18H19N5O2/c1-13-11-22(10-8-19-13)16-7-4-5-14(20-16)17-15-6-2-3-9-23(15)21-18(17)25-12-24/h2-7,9,12-13,19H,8,10-11H2,1H3/t13-/m0/s1. The third kappa shape index (κ3) is 2.94. The van der Waals surface area contributed by atoms with Crippen LogP contribution in [0, 0.1) is 0 Å². The van der Waals surface area contributed by atoms with Crippen LogP contribution in [0.2, 0.25) is 0 Å². The number of rotatable bonds is 4. The van der Waals surface area contributed by atoms with Crippen molar-refractivity contribution in [3.8, 4) is 17.1 Å². The molecule has 7 nitrogen and oxygen atoms in total. The van der Waals surface area contributed by atoms with Crippen molar-refractivity contribution in [1.29, 1.82) is 0 Å². The SMILES string of the molecule is C[C@H]1CN(c2cccc(-c3c(OC=O)nn4ccccc34)n2)CCN1. The summed E-state index contributed by atoms with van der Waals surface area (Å²) in [5.41, 5.74) is 2.30. The predicted octanol–water partition coefficient (Wildman–Crippen LogP) is 1.73. The van der Waals surface area contributed by atoms with E-state index in [4.69, 9.17) is 9.72 Å². The topological polar surface area (TPSA) is 71.8 Å². The van der Waals surface area contributed by atoms with Crippen molar-refractivity contribution in [3.63, 3.8) is 0 Å². The summed E-state index contributed by atoms with van der Waals surface area (Å²) in [6, 6.07) is 12.0. The summed E-state index contributed by atoms with van der Waals surface area (Å²) in [6.45, 7) is 5.31. The number of fused-ring (bicyclic) bond motifs is 1. The number of anilines is 1. The number of hydrogen-bond donors (Lipinski definition) is 1. The Morgan fingerprint density at radius 1 is 1.28 bits per heavy atom. The Bertz CT molecular complexity index is 907. The van der Waals surface area contributed by atoms with E-state index in [0.717, 1.165) is 42.2 Å². The van der Waals surface area contributed by atoms with Gasteiger partial charge < -0.3 is 15.0 Å². The van der Waals surface area contributed by atoms with Gasteiger partial charge >= 0.3 is 0 Å². The average Bonchev–Trinajstić information content (AvgIpc) is 3.00. The van der Waals surface area contributed by atoms with E-state index in [1.54, 1.807) is 4.52 Å². The molecule has 3 aromatic rings. The van der Waals surface area contributed by atoms with Crippen LogP contribution >= 0.6 is 0 Å². The van der Waals surface area contributed by atoms with Crippen LogP contribution in [-0.2, 0) is 4.79 Å². The lowest BCUT2D eigenvalue weighted by Crippen LogP contribution is -2.49. The van der Waals surface area contributed by atoms with Crippen molar-refractivity contribution in [2.45, 2.75) is 13.0 Å². The van der Waals surface area contributed by atoms with Gasteiger partial charge in [-0.2, -0.15) is 0 Å². The fourth-order valence-corrected chi connectivity index (χ4v) is 3.22. The number of piperazine rings is 1. The van der Waals surface area contributed by atoms with Gasteiger partial charge in [-0.15, -0.1) is 5.10 Å². The fraction of sp³-hybridized carbons (Fsp3) is 0.278. The Morgan fingerprint density at radius 2 is 2.20 bits per heavy atom. The number of nitrogens with zero attached hydrogens (tertiary/aromatic N) is 4. The number of nitrogens with one attached hydrogen (secondary N) is 1. The lowest BCUT2D eigenvalue weighted by molar-refractivity contribution is -0.120. The van der Waals surface area contributed by atoms with E-state index in [2.05, 4.69) is 22.2 Å². The Balaban J connectivity index is 1.79. The quantitative estimate of drug-likeness (QED) is 0.731. The van der Waals surface area contributed by atoms with Crippen molar-refractivity contribution in [1.82, 2.24) is 19.9 Å². The Morgan fingerprint density at radius 3 is 3.04 bits per heavy atom. The monoisotopic (exact) mass is 337 g/mol. The minimum atomic E-state index is 0.263. The maximum atomic E-state index is 10.9. The van der Waals surface area contributed by atoms with Gasteiger partial charge in [-0.05, 0) is 31.2 Å². The zero-order valence-electron chi connectivity index (χ0n) is 13.9. The van der Waals surface area contributed by atoms with Crippen LogP contribution in [0.1, 0.15) is 6.92 Å². The van der Waals surface area contributed by atoms with Crippen LogP contribution in [-0.4, -0.2) is 46.7 Å². The van der Waals surface area contributed by atoms with Gasteiger partial charge in [0.25, 0.3) is 12.4 Å². The van der Waals surface area contributed by atoms with Crippen LogP contribution in [0.4, 0.5) is 5.82 Å². The second kappa shape index (κ2) is 6.52. The van der Waals surface area contributed by atoms with Crippen molar-refractivity contribution in [3.05, 3.63) is 42.6 Å². The van der Waals surface area contributed by atoms with Crippen molar-refractivity contribution >= 4 is 17.8 Å². The zero-order valence-corrected chi connectivity index (χ0v) is 13.9. The maximum Gasteiger partial charge on any atom is 0.299 e. The highest BCUT2D eigenvalue weighted by atomic mass is 16.5. The first-order valence-electron chi connectivity index (χ1n) is 8.29. The van der Waals surface area contributed by atoms with E-state index in [1.165, 1.54) is 0 Å². The highest BCUT2D eigenvalue weighted by Crippen LogP contribution is 2.33. The molecule has 0 radical (unpaired) electrons. The molecule has 1 aliphatic heterocycles. The molecule has 25 heavy (non-hydrogen) atoms. The fourth-order valence-electron chi connectivity index (χ4n) is 3.22. The highest BCUT2D eigenvalue weighted by Gasteiger charge is 2.20. The summed E-state index contributed by atoms with van der Waals surface area (Å²) < 4.78 is 6.79. The van der Waals surface area contributed by atoms with Crippen molar-refractivity contribution < 1.29 is 9.53 Å². The van der Waals surface area contributed by atoms with Gasteiger partial charge in [-0.25, -0.2) is 9.50 Å². The van der Waals surface area contributed by atoms with Gasteiger partial charge in [0.2, 0.25) is 0 Å². The molecule has 4 rings (SSSR count). The van der Waals surface area contributed by atoms with E-state index < -0.39 is 0 Å². The molecule has 7 heteroatoms. The summed E-state index contributed by atoms with van der Waals surface area (Å²) in [5.74, 6) is 1.18. The van der Waals surface area contributed by atoms with E-state index in [-0.39, 0.29) is 5.88 Å². The molecule has 1 saturated heterocycles. The Hall–Kier alpha value is -2.93. The molecule has 128 valence electrons. The first kappa shape index (κ1) is 15.6. The largest absolute Gasteiger partial charge is 0.407 e. The van der Waals surface area contributed by atoms with Gasteiger partial charge in [-0.3, -0.25) is 4.79 Å². The molecular formula is C18H19N5O2. The van der Waals surface area contributed by atoms with Crippen LogP contribution in [0.5, 0.6) is 5.88 Å². The van der Waals surface area contributed by atoms with Crippen LogP contribution in [0.15, 0.2) is 42.6 Å². The molecule has 1 fully saturated rings. The highest BCUT2D eigenvalue weighted by molar-refractivity contribution is 5.84. The van der Waals surface area contributed by atoms with E-state index >= 15 is 0 Å². The number of hydrogen-bond acceptors (Lipinski definition) is 6. The smallest absolute Gasteiger partial charge is 0.299 e. The third-order valence-corrected chi connectivity index (χ3v) is 4.35. The Labute approximate surface area is 145 Å². The minimum Gasteiger partial charge on any atom is -0.407 e. The summed E-state index contributed by atoms with van der Waals surface area (Å²) in [4.78, 5) is 18.0. The summed E-state index contributed by atoms with van der Waals surface area (Å²) in [6.07, 6.45) is 1.82. The average molecular weight is 337 g/mol. The number of ether oxygens (including phenoxy) is 1. The third-order valence-electron chi connectivity index (χ3n) is 4.35. The van der Waals surface area contributed by atoms with Gasteiger partial charge in [-0.1, -0.05) is 12.1 Å². The number of carbonyl (C=O) groups is 1. The number of carbonyl (C=O) groups excluding carboxylic acids is 1. The molecular weight excluding hydrogens is 318 g/mol. The minimum absolute atomic E-state index is 0.263. The summed E-state index contributed by atoms with van der Waals surface area (Å²) in [7, 11) is 0. The van der Waals surface area contributed by atoms with E-state index in [1.807, 2.05) is 42.6 Å². The van der Waals surface area contributed by atoms with Crippen LogP contribution in [0.25, 0.3) is 16.8 Å². The summed E-state index contributed by atoms with van der Waals surface area (Å²) in [5, 5.41) is 7.76. The van der Waals surface area contributed by atoms with Crippen LogP contribution in [0.3, 0.4) is 0 Å². The lowest BCUT2D eigenvalue weighted by atomic mass is 10.1. The van der Waals surface area contributed by atoms with Crippen molar-refractivity contribution in [2.24, 2.45) is 0 Å².